The molecule has 20 heavy (non-hydrogen) atoms. The Morgan fingerprint density at radius 2 is 1.45 bits per heavy atom. The van der Waals surface area contributed by atoms with Crippen molar-refractivity contribution >= 4 is 0 Å². The summed E-state index contributed by atoms with van der Waals surface area (Å²) in [6.45, 7) is 3.77. The minimum Gasteiger partial charge on any atom is -0.303 e. The molecule has 2 aromatic rings. The topological polar surface area (TPSA) is 3.24 Å². The predicted molar refractivity (Wildman–Crippen MR) is 85.9 cm³/mol. The highest BCUT2D eigenvalue weighted by atomic mass is 15.1. The molecule has 1 fully saturated rings. The number of nitrogens with zero attached hydrogens (tertiary/aromatic N) is 1. The van der Waals surface area contributed by atoms with Gasteiger partial charge in [-0.25, -0.2) is 0 Å². The summed E-state index contributed by atoms with van der Waals surface area (Å²) in [5, 5.41) is 0. The Morgan fingerprint density at radius 1 is 0.750 bits per heavy atom. The molecule has 0 amide bonds. The van der Waals surface area contributed by atoms with Crippen LogP contribution in [0.4, 0.5) is 0 Å². The summed E-state index contributed by atoms with van der Waals surface area (Å²) in [4.78, 5) is 2.62. The third-order valence-electron chi connectivity index (χ3n) is 4.25. The molecule has 0 saturated carbocycles. The van der Waals surface area contributed by atoms with Gasteiger partial charge in [0.15, 0.2) is 0 Å². The fourth-order valence-corrected chi connectivity index (χ4v) is 3.10. The van der Waals surface area contributed by atoms with Gasteiger partial charge in [-0.15, -0.1) is 0 Å². The van der Waals surface area contributed by atoms with Crippen LogP contribution in [0.3, 0.4) is 0 Å². The van der Waals surface area contributed by atoms with E-state index in [0.29, 0.717) is 0 Å². The minimum absolute atomic E-state index is 1.16. The van der Waals surface area contributed by atoms with E-state index in [2.05, 4.69) is 59.5 Å². The Labute approximate surface area is 122 Å². The maximum Gasteiger partial charge on any atom is 0.00220 e. The monoisotopic (exact) mass is 265 g/mol. The first-order chi connectivity index (χ1) is 9.93. The molecule has 0 N–H and O–H groups in total. The number of piperidine rings is 1. The fourth-order valence-electron chi connectivity index (χ4n) is 3.10. The van der Waals surface area contributed by atoms with Crippen molar-refractivity contribution in [3.8, 4) is 11.1 Å². The SMILES string of the molecule is c1ccc(-c2ccccc2CCN2CCCCC2)cc1. The van der Waals surface area contributed by atoms with Crippen molar-refractivity contribution in [1.29, 1.82) is 0 Å². The van der Waals surface area contributed by atoms with Gasteiger partial charge in [-0.3, -0.25) is 0 Å². The van der Waals surface area contributed by atoms with Crippen LogP contribution in [-0.2, 0) is 6.42 Å². The third kappa shape index (κ3) is 3.29. The Balaban J connectivity index is 1.73. The van der Waals surface area contributed by atoms with E-state index in [9.17, 15) is 0 Å². The van der Waals surface area contributed by atoms with Crippen molar-refractivity contribution in [3.05, 3.63) is 60.2 Å². The molecule has 104 valence electrons. The highest BCUT2D eigenvalue weighted by molar-refractivity contribution is 5.67. The van der Waals surface area contributed by atoms with Crippen molar-refractivity contribution in [1.82, 2.24) is 4.90 Å². The third-order valence-corrected chi connectivity index (χ3v) is 4.25. The zero-order valence-corrected chi connectivity index (χ0v) is 12.1. The van der Waals surface area contributed by atoms with E-state index in [1.165, 1.54) is 55.6 Å². The number of hydrogen-bond acceptors (Lipinski definition) is 1. The lowest BCUT2D eigenvalue weighted by atomic mass is 9.97. The van der Waals surface area contributed by atoms with Gasteiger partial charge in [0, 0.05) is 6.54 Å². The molecule has 0 aromatic heterocycles. The van der Waals surface area contributed by atoms with Crippen LogP contribution in [0.15, 0.2) is 54.6 Å². The fraction of sp³-hybridized carbons (Fsp3) is 0.368. The van der Waals surface area contributed by atoms with Crippen molar-refractivity contribution in [2.75, 3.05) is 19.6 Å². The van der Waals surface area contributed by atoms with E-state index in [4.69, 9.17) is 0 Å². The van der Waals surface area contributed by atoms with Gasteiger partial charge in [0.2, 0.25) is 0 Å². The van der Waals surface area contributed by atoms with Crippen molar-refractivity contribution in [2.45, 2.75) is 25.7 Å². The molecular weight excluding hydrogens is 242 g/mol. The van der Waals surface area contributed by atoms with Crippen LogP contribution in [-0.4, -0.2) is 24.5 Å². The molecular formula is C19H23N. The number of likely N-dealkylation sites (tertiary alicyclic amines) is 1. The zero-order valence-electron chi connectivity index (χ0n) is 12.1. The molecule has 0 atom stereocenters. The Morgan fingerprint density at radius 3 is 2.25 bits per heavy atom. The molecule has 0 radical (unpaired) electrons. The number of hydrogen-bond donors (Lipinski definition) is 0. The van der Waals surface area contributed by atoms with Gasteiger partial charge in [-0.1, -0.05) is 61.0 Å². The zero-order chi connectivity index (χ0) is 13.6. The predicted octanol–water partition coefficient (Wildman–Crippen LogP) is 4.38. The second-order valence-electron chi connectivity index (χ2n) is 5.68. The summed E-state index contributed by atoms with van der Waals surface area (Å²) in [5.74, 6) is 0. The van der Waals surface area contributed by atoms with Crippen LogP contribution in [0.25, 0.3) is 11.1 Å². The lowest BCUT2D eigenvalue weighted by Gasteiger charge is -2.26. The molecule has 0 unspecified atom stereocenters. The quantitative estimate of drug-likeness (QED) is 0.793. The van der Waals surface area contributed by atoms with Crippen molar-refractivity contribution in [2.24, 2.45) is 0 Å². The van der Waals surface area contributed by atoms with E-state index in [1.54, 1.807) is 0 Å². The van der Waals surface area contributed by atoms with E-state index >= 15 is 0 Å². The summed E-state index contributed by atoms with van der Waals surface area (Å²) in [6, 6.07) is 19.6. The highest BCUT2D eigenvalue weighted by Crippen LogP contribution is 2.24. The summed E-state index contributed by atoms with van der Waals surface area (Å²) < 4.78 is 0. The number of benzene rings is 2. The van der Waals surface area contributed by atoms with Crippen LogP contribution < -0.4 is 0 Å². The summed E-state index contributed by atoms with van der Waals surface area (Å²) >= 11 is 0. The Bertz CT molecular complexity index is 526. The molecule has 1 heterocycles. The molecule has 1 saturated heterocycles. The van der Waals surface area contributed by atoms with Crippen molar-refractivity contribution in [3.63, 3.8) is 0 Å². The summed E-state index contributed by atoms with van der Waals surface area (Å²) in [7, 11) is 0. The molecule has 2 aromatic carbocycles. The van der Waals surface area contributed by atoms with Gasteiger partial charge in [0.25, 0.3) is 0 Å². The van der Waals surface area contributed by atoms with E-state index in [-0.39, 0.29) is 0 Å². The lowest BCUT2D eigenvalue weighted by Crippen LogP contribution is -2.31. The van der Waals surface area contributed by atoms with Crippen LogP contribution in [0.2, 0.25) is 0 Å². The Kier molecular flexibility index (Phi) is 4.49. The van der Waals surface area contributed by atoms with Crippen LogP contribution in [0.1, 0.15) is 24.8 Å². The number of rotatable bonds is 4. The Hall–Kier alpha value is -1.60. The van der Waals surface area contributed by atoms with E-state index in [0.717, 1.165) is 6.42 Å². The van der Waals surface area contributed by atoms with E-state index < -0.39 is 0 Å². The van der Waals surface area contributed by atoms with Gasteiger partial charge < -0.3 is 4.90 Å². The maximum atomic E-state index is 2.62. The van der Waals surface area contributed by atoms with Crippen molar-refractivity contribution < 1.29 is 0 Å². The van der Waals surface area contributed by atoms with Crippen LogP contribution in [0, 0.1) is 0 Å². The molecule has 0 spiro atoms. The molecule has 0 bridgehead atoms. The normalized spacial score (nSPS) is 16.2. The average molecular weight is 265 g/mol. The van der Waals surface area contributed by atoms with Gasteiger partial charge >= 0.3 is 0 Å². The standard InChI is InChI=1S/C19H23N/c1-3-9-17(10-4-1)19-12-6-5-11-18(19)13-16-20-14-7-2-8-15-20/h1,3-6,9-12H,2,7-8,13-16H2. The van der Waals surface area contributed by atoms with Gasteiger partial charge in [0.1, 0.15) is 0 Å². The van der Waals surface area contributed by atoms with Crippen LogP contribution >= 0.6 is 0 Å². The second-order valence-corrected chi connectivity index (χ2v) is 5.68. The first kappa shape index (κ1) is 13.4. The molecule has 1 heteroatoms. The molecule has 0 aliphatic carbocycles. The molecule has 1 aliphatic heterocycles. The van der Waals surface area contributed by atoms with Gasteiger partial charge in [0.05, 0.1) is 0 Å². The largest absolute Gasteiger partial charge is 0.303 e. The van der Waals surface area contributed by atoms with Gasteiger partial charge in [-0.05, 0) is 49.0 Å². The first-order valence-electron chi connectivity index (χ1n) is 7.79. The average Bonchev–Trinajstić information content (AvgIpc) is 2.55. The molecule has 3 rings (SSSR count). The first-order valence-corrected chi connectivity index (χ1v) is 7.79. The molecule has 1 aliphatic rings. The van der Waals surface area contributed by atoms with E-state index in [1.807, 2.05) is 0 Å². The minimum atomic E-state index is 1.16. The second kappa shape index (κ2) is 6.71. The summed E-state index contributed by atoms with van der Waals surface area (Å²) in [5.41, 5.74) is 4.20. The lowest BCUT2D eigenvalue weighted by molar-refractivity contribution is 0.231. The molecule has 1 nitrogen and oxygen atoms in total. The summed E-state index contributed by atoms with van der Waals surface area (Å²) in [6.07, 6.45) is 5.32. The van der Waals surface area contributed by atoms with Crippen LogP contribution in [0.5, 0.6) is 0 Å². The van der Waals surface area contributed by atoms with Gasteiger partial charge in [-0.2, -0.15) is 0 Å². The smallest absolute Gasteiger partial charge is 0.00220 e. The maximum absolute atomic E-state index is 2.62. The highest BCUT2D eigenvalue weighted by Gasteiger charge is 2.11.